The van der Waals surface area contributed by atoms with Gasteiger partial charge >= 0.3 is 12.3 Å². The predicted octanol–water partition coefficient (Wildman–Crippen LogP) is 2.37. The average Bonchev–Trinajstić information content (AvgIpc) is 3.09. The molecule has 0 radical (unpaired) electrons. The minimum atomic E-state index is -4.62. The Balaban J connectivity index is 1.82. The molecule has 0 bridgehead atoms. The smallest absolute Gasteiger partial charge is 0.416 e. The molecular weight excluding hydrogens is 361 g/mol. The Morgan fingerprint density at radius 1 is 1.24 bits per heavy atom. The molecule has 2 aliphatic rings. The van der Waals surface area contributed by atoms with Gasteiger partial charge in [-0.15, -0.1) is 0 Å². The number of hydrogen-bond donors (Lipinski definition) is 2. The van der Waals surface area contributed by atoms with Crippen molar-refractivity contribution < 1.29 is 31.5 Å². The van der Waals surface area contributed by atoms with Crippen LogP contribution in [-0.2, 0) is 16.2 Å². The molecule has 3 rings (SSSR count). The van der Waals surface area contributed by atoms with Crippen LogP contribution in [0.5, 0.6) is 0 Å². The van der Waals surface area contributed by atoms with Crippen molar-refractivity contribution in [1.82, 2.24) is 9.62 Å². The highest BCUT2D eigenvalue weighted by atomic mass is 32.2. The van der Waals surface area contributed by atoms with Crippen LogP contribution in [0, 0.1) is 11.8 Å². The second kappa shape index (κ2) is 6.17. The van der Waals surface area contributed by atoms with Gasteiger partial charge in [0.05, 0.1) is 10.5 Å². The zero-order valence-corrected chi connectivity index (χ0v) is 13.8. The van der Waals surface area contributed by atoms with Crippen molar-refractivity contribution in [3.8, 4) is 0 Å². The zero-order chi connectivity index (χ0) is 18.4. The van der Waals surface area contributed by atoms with Gasteiger partial charge in [0, 0.05) is 19.1 Å². The Labute approximate surface area is 142 Å². The summed E-state index contributed by atoms with van der Waals surface area (Å²) >= 11 is 0. The number of halogens is 3. The Bertz CT molecular complexity index is 781. The molecule has 2 fully saturated rings. The molecule has 10 heteroatoms. The standard InChI is InChI=1S/C15H17F3N2O4S/c16-15(17,18)10-2-1-3-11(6-10)25(23,24)20-7-9-4-5-13(12(9)8-20)19-14(21)22/h1-3,6,9,12-13,19H,4-5,7-8H2,(H,21,22)/t9-,12+,13+/m1/s1. The van der Waals surface area contributed by atoms with Crippen molar-refractivity contribution in [3.05, 3.63) is 29.8 Å². The molecule has 1 amide bonds. The zero-order valence-electron chi connectivity index (χ0n) is 13.0. The van der Waals surface area contributed by atoms with E-state index in [1.807, 2.05) is 0 Å². The highest BCUT2D eigenvalue weighted by Gasteiger charge is 2.47. The molecule has 1 aromatic carbocycles. The summed E-state index contributed by atoms with van der Waals surface area (Å²) in [5.74, 6) is -0.144. The molecule has 0 spiro atoms. The summed E-state index contributed by atoms with van der Waals surface area (Å²) < 4.78 is 65.0. The summed E-state index contributed by atoms with van der Waals surface area (Å²) in [6.07, 6.45) is -4.46. The van der Waals surface area contributed by atoms with Gasteiger partial charge in [0.2, 0.25) is 10.0 Å². The summed E-state index contributed by atoms with van der Waals surface area (Å²) in [7, 11) is -4.06. The molecule has 1 aromatic rings. The second-order valence-corrected chi connectivity index (χ2v) is 8.34. The van der Waals surface area contributed by atoms with Crippen molar-refractivity contribution in [2.75, 3.05) is 13.1 Å². The lowest BCUT2D eigenvalue weighted by molar-refractivity contribution is -0.137. The SMILES string of the molecule is O=C(O)N[C@H]1CC[C@@H]2CN(S(=O)(=O)c3cccc(C(F)(F)F)c3)C[C@@H]21. The molecule has 6 nitrogen and oxygen atoms in total. The number of benzene rings is 1. The molecule has 1 aliphatic heterocycles. The molecule has 0 unspecified atom stereocenters. The van der Waals surface area contributed by atoms with E-state index in [9.17, 15) is 26.4 Å². The summed E-state index contributed by atoms with van der Waals surface area (Å²) in [6.45, 7) is 0.301. The van der Waals surface area contributed by atoms with Crippen LogP contribution in [0.2, 0.25) is 0 Å². The Hall–Kier alpha value is -1.81. The van der Waals surface area contributed by atoms with E-state index in [-0.39, 0.29) is 31.0 Å². The van der Waals surface area contributed by atoms with Crippen molar-refractivity contribution >= 4 is 16.1 Å². The van der Waals surface area contributed by atoms with E-state index in [1.54, 1.807) is 0 Å². The molecule has 1 saturated heterocycles. The van der Waals surface area contributed by atoms with Crippen LogP contribution in [0.25, 0.3) is 0 Å². The van der Waals surface area contributed by atoms with Gasteiger partial charge in [-0.1, -0.05) is 6.07 Å². The topological polar surface area (TPSA) is 86.7 Å². The third-order valence-corrected chi connectivity index (χ3v) is 6.76. The number of rotatable bonds is 3. The van der Waals surface area contributed by atoms with Gasteiger partial charge in [0.15, 0.2) is 0 Å². The number of carboxylic acid groups (broad SMARTS) is 1. The van der Waals surface area contributed by atoms with E-state index in [2.05, 4.69) is 5.32 Å². The van der Waals surface area contributed by atoms with Gasteiger partial charge < -0.3 is 10.4 Å². The fourth-order valence-electron chi connectivity index (χ4n) is 3.74. The van der Waals surface area contributed by atoms with Crippen molar-refractivity contribution in [1.29, 1.82) is 0 Å². The fourth-order valence-corrected chi connectivity index (χ4v) is 5.32. The molecule has 25 heavy (non-hydrogen) atoms. The summed E-state index contributed by atoms with van der Waals surface area (Å²) in [6, 6.07) is 3.35. The molecule has 1 aliphatic carbocycles. The molecular formula is C15H17F3N2O4S. The lowest BCUT2D eigenvalue weighted by atomic mass is 9.98. The third-order valence-electron chi connectivity index (χ3n) is 4.93. The number of alkyl halides is 3. The van der Waals surface area contributed by atoms with E-state index in [0.29, 0.717) is 18.9 Å². The first kappa shape index (κ1) is 18.0. The number of sulfonamides is 1. The largest absolute Gasteiger partial charge is 0.465 e. The van der Waals surface area contributed by atoms with E-state index < -0.39 is 32.8 Å². The first-order valence-electron chi connectivity index (χ1n) is 7.76. The first-order chi connectivity index (χ1) is 11.6. The van der Waals surface area contributed by atoms with Gasteiger partial charge in [-0.25, -0.2) is 13.2 Å². The highest BCUT2D eigenvalue weighted by Crippen LogP contribution is 2.40. The van der Waals surface area contributed by atoms with Crippen LogP contribution in [0.3, 0.4) is 0 Å². The minimum absolute atomic E-state index is 0.0115. The molecule has 3 atom stereocenters. The Morgan fingerprint density at radius 3 is 2.60 bits per heavy atom. The quantitative estimate of drug-likeness (QED) is 0.846. The lowest BCUT2D eigenvalue weighted by Gasteiger charge is -2.21. The predicted molar refractivity (Wildman–Crippen MR) is 81.4 cm³/mol. The number of nitrogens with one attached hydrogen (secondary N) is 1. The number of nitrogens with zero attached hydrogens (tertiary/aromatic N) is 1. The molecule has 2 N–H and O–H groups in total. The van der Waals surface area contributed by atoms with Crippen molar-refractivity contribution in [3.63, 3.8) is 0 Å². The number of fused-ring (bicyclic) bond motifs is 1. The van der Waals surface area contributed by atoms with E-state index in [1.165, 1.54) is 0 Å². The van der Waals surface area contributed by atoms with Crippen LogP contribution in [0.15, 0.2) is 29.2 Å². The van der Waals surface area contributed by atoms with E-state index in [4.69, 9.17) is 5.11 Å². The molecule has 1 saturated carbocycles. The van der Waals surface area contributed by atoms with Crippen LogP contribution in [0.4, 0.5) is 18.0 Å². The van der Waals surface area contributed by atoms with Gasteiger partial charge in [-0.3, -0.25) is 0 Å². The maximum atomic E-state index is 12.8. The van der Waals surface area contributed by atoms with Gasteiger partial charge in [-0.2, -0.15) is 17.5 Å². The second-order valence-electron chi connectivity index (χ2n) is 6.40. The van der Waals surface area contributed by atoms with Crippen molar-refractivity contribution in [2.24, 2.45) is 11.8 Å². The maximum absolute atomic E-state index is 12.8. The first-order valence-corrected chi connectivity index (χ1v) is 9.20. The van der Waals surface area contributed by atoms with Gasteiger partial charge in [-0.05, 0) is 42.9 Å². The monoisotopic (exact) mass is 378 g/mol. The van der Waals surface area contributed by atoms with E-state index >= 15 is 0 Å². The van der Waals surface area contributed by atoms with Crippen molar-refractivity contribution in [2.45, 2.75) is 30.0 Å². The summed E-state index contributed by atoms with van der Waals surface area (Å²) in [5, 5.41) is 11.3. The Kier molecular flexibility index (Phi) is 4.44. The Morgan fingerprint density at radius 2 is 1.96 bits per heavy atom. The molecule has 1 heterocycles. The average molecular weight is 378 g/mol. The number of hydrogen-bond acceptors (Lipinski definition) is 3. The van der Waals surface area contributed by atoms with Gasteiger partial charge in [0.25, 0.3) is 0 Å². The molecule has 138 valence electrons. The van der Waals surface area contributed by atoms with Gasteiger partial charge in [0.1, 0.15) is 0 Å². The minimum Gasteiger partial charge on any atom is -0.465 e. The molecule has 0 aromatic heterocycles. The number of amides is 1. The summed E-state index contributed by atoms with van der Waals surface area (Å²) in [5.41, 5.74) is -1.02. The number of carbonyl (C=O) groups is 1. The van der Waals surface area contributed by atoms with Crippen LogP contribution in [-0.4, -0.2) is 43.1 Å². The maximum Gasteiger partial charge on any atom is 0.416 e. The normalized spacial score (nSPS) is 27.2. The third kappa shape index (κ3) is 3.45. The van der Waals surface area contributed by atoms with Crippen LogP contribution < -0.4 is 5.32 Å². The lowest BCUT2D eigenvalue weighted by Crippen LogP contribution is -2.39. The van der Waals surface area contributed by atoms with Crippen LogP contribution in [0.1, 0.15) is 18.4 Å². The van der Waals surface area contributed by atoms with E-state index in [0.717, 1.165) is 22.5 Å². The highest BCUT2D eigenvalue weighted by molar-refractivity contribution is 7.89. The summed E-state index contributed by atoms with van der Waals surface area (Å²) in [4.78, 5) is 10.4. The van der Waals surface area contributed by atoms with Crippen LogP contribution >= 0.6 is 0 Å². The fraction of sp³-hybridized carbons (Fsp3) is 0.533.